The molecule has 0 bridgehead atoms. The molecule has 0 unspecified atom stereocenters. The summed E-state index contributed by atoms with van der Waals surface area (Å²) in [6, 6.07) is 16.7. The van der Waals surface area contributed by atoms with Crippen LogP contribution >= 0.6 is 22.6 Å². The fourth-order valence-electron chi connectivity index (χ4n) is 2.15. The lowest BCUT2D eigenvalue weighted by atomic mass is 9.95. The number of aliphatic carboxylic acids is 1. The van der Waals surface area contributed by atoms with E-state index in [-0.39, 0.29) is 12.3 Å². The van der Waals surface area contributed by atoms with Gasteiger partial charge >= 0.3 is 0 Å². The maximum absolute atomic E-state index is 12.4. The lowest BCUT2D eigenvalue weighted by Gasteiger charge is -2.18. The second-order valence-corrected chi connectivity index (χ2v) is 6.09. The summed E-state index contributed by atoms with van der Waals surface area (Å²) in [5.74, 6) is -2.19. The maximum Gasteiger partial charge on any atom is 0.228 e. The molecule has 0 fully saturated rings. The number of benzene rings is 2. The van der Waals surface area contributed by atoms with Gasteiger partial charge in [0.1, 0.15) is 0 Å². The van der Waals surface area contributed by atoms with E-state index >= 15 is 0 Å². The first-order valence-corrected chi connectivity index (χ1v) is 7.93. The van der Waals surface area contributed by atoms with E-state index in [9.17, 15) is 14.7 Å². The van der Waals surface area contributed by atoms with Crippen LogP contribution in [-0.2, 0) is 16.0 Å². The minimum Gasteiger partial charge on any atom is -0.550 e. The van der Waals surface area contributed by atoms with Crippen molar-refractivity contribution in [2.75, 3.05) is 5.32 Å². The number of anilines is 1. The molecule has 114 valence electrons. The number of hydrogen-bond donors (Lipinski definition) is 1. The van der Waals surface area contributed by atoms with Crippen molar-refractivity contribution in [2.45, 2.75) is 12.8 Å². The molecule has 0 radical (unpaired) electrons. The van der Waals surface area contributed by atoms with Crippen LogP contribution < -0.4 is 10.4 Å². The third kappa shape index (κ3) is 4.84. The van der Waals surface area contributed by atoms with Crippen molar-refractivity contribution >= 4 is 40.2 Å². The minimum atomic E-state index is -1.22. The lowest BCUT2D eigenvalue weighted by molar-refractivity contribution is -0.306. The van der Waals surface area contributed by atoms with Crippen LogP contribution in [0.2, 0.25) is 0 Å². The fourth-order valence-corrected chi connectivity index (χ4v) is 2.68. The first-order valence-electron chi connectivity index (χ1n) is 6.85. The molecule has 1 N–H and O–H groups in total. The number of halogens is 1. The Labute approximate surface area is 142 Å². The number of hydrogen-bond acceptors (Lipinski definition) is 3. The summed E-state index contributed by atoms with van der Waals surface area (Å²) >= 11 is 2.12. The largest absolute Gasteiger partial charge is 0.550 e. The van der Waals surface area contributed by atoms with Crippen molar-refractivity contribution in [3.8, 4) is 0 Å². The van der Waals surface area contributed by atoms with E-state index in [1.807, 2.05) is 48.5 Å². The Morgan fingerprint density at radius 1 is 1.05 bits per heavy atom. The average molecular weight is 408 g/mol. The van der Waals surface area contributed by atoms with Gasteiger partial charge in [0.05, 0.1) is 5.69 Å². The Hall–Kier alpha value is -1.89. The zero-order valence-corrected chi connectivity index (χ0v) is 13.9. The smallest absolute Gasteiger partial charge is 0.228 e. The topological polar surface area (TPSA) is 69.2 Å². The molecule has 2 aromatic carbocycles. The molecule has 1 atom stereocenters. The molecule has 0 aliphatic heterocycles. The molecule has 5 heteroatoms. The molecular formula is C17H15INO3-. The molecule has 0 saturated heterocycles. The van der Waals surface area contributed by atoms with Crippen molar-refractivity contribution < 1.29 is 14.7 Å². The highest BCUT2D eigenvalue weighted by Crippen LogP contribution is 2.20. The summed E-state index contributed by atoms with van der Waals surface area (Å²) < 4.78 is 0.903. The number of amides is 1. The summed E-state index contributed by atoms with van der Waals surface area (Å²) in [5, 5.41) is 13.7. The monoisotopic (exact) mass is 408 g/mol. The van der Waals surface area contributed by atoms with Crippen molar-refractivity contribution in [3.63, 3.8) is 0 Å². The number of carbonyl (C=O) groups is 2. The van der Waals surface area contributed by atoms with E-state index in [1.54, 1.807) is 6.07 Å². The first kappa shape index (κ1) is 16.5. The van der Waals surface area contributed by atoms with Crippen LogP contribution in [0, 0.1) is 9.49 Å². The van der Waals surface area contributed by atoms with Crippen LogP contribution in [0.4, 0.5) is 5.69 Å². The molecule has 0 saturated carbocycles. The van der Waals surface area contributed by atoms with Crippen molar-refractivity contribution in [3.05, 3.63) is 63.7 Å². The number of carboxylic acid groups (broad SMARTS) is 1. The van der Waals surface area contributed by atoms with E-state index in [0.717, 1.165) is 9.13 Å². The second kappa shape index (κ2) is 7.93. The number of carbonyl (C=O) groups excluding carboxylic acids is 2. The highest BCUT2D eigenvalue weighted by atomic mass is 127. The summed E-state index contributed by atoms with van der Waals surface area (Å²) in [7, 11) is 0. The molecule has 0 aliphatic carbocycles. The zero-order chi connectivity index (χ0) is 15.9. The van der Waals surface area contributed by atoms with Gasteiger partial charge < -0.3 is 15.2 Å². The number of nitrogens with one attached hydrogen (secondary N) is 1. The van der Waals surface area contributed by atoms with Crippen molar-refractivity contribution in [2.24, 2.45) is 5.92 Å². The van der Waals surface area contributed by atoms with E-state index < -0.39 is 11.9 Å². The zero-order valence-electron chi connectivity index (χ0n) is 11.8. The standard InChI is InChI=1S/C17H16INO3/c18-14-8-4-5-9-15(14)19-17(22)13(11-16(20)21)10-12-6-2-1-3-7-12/h1-9,13H,10-11H2,(H,19,22)(H,20,21)/p-1/t13-/m1/s1. The van der Waals surface area contributed by atoms with E-state index in [1.165, 1.54) is 0 Å². The molecule has 22 heavy (non-hydrogen) atoms. The summed E-state index contributed by atoms with van der Waals surface area (Å²) in [4.78, 5) is 23.3. The SMILES string of the molecule is O=C([O-])C[C@@H](Cc1ccccc1)C(=O)Nc1ccccc1I. The number of rotatable bonds is 6. The quantitative estimate of drug-likeness (QED) is 0.746. The number of carboxylic acids is 1. The maximum atomic E-state index is 12.4. The first-order chi connectivity index (χ1) is 10.6. The van der Waals surface area contributed by atoms with Gasteiger partial charge in [-0.15, -0.1) is 0 Å². The Balaban J connectivity index is 2.12. The lowest BCUT2D eigenvalue weighted by Crippen LogP contribution is -2.32. The third-order valence-electron chi connectivity index (χ3n) is 3.24. The molecule has 2 rings (SSSR count). The summed E-state index contributed by atoms with van der Waals surface area (Å²) in [6.45, 7) is 0. The van der Waals surface area contributed by atoms with E-state index in [0.29, 0.717) is 12.1 Å². The van der Waals surface area contributed by atoms with Gasteiger partial charge in [-0.05, 0) is 53.1 Å². The molecule has 0 aromatic heterocycles. The van der Waals surface area contributed by atoms with Crippen LogP contribution in [0.5, 0.6) is 0 Å². The van der Waals surface area contributed by atoms with Crippen LogP contribution in [0.15, 0.2) is 54.6 Å². The molecule has 0 spiro atoms. The predicted octanol–water partition coefficient (Wildman–Crippen LogP) is 2.23. The normalized spacial score (nSPS) is 11.7. The van der Waals surface area contributed by atoms with Gasteiger partial charge in [-0.3, -0.25) is 4.79 Å². The Morgan fingerprint density at radius 2 is 1.68 bits per heavy atom. The molecule has 2 aromatic rings. The molecule has 1 amide bonds. The Kier molecular flexibility index (Phi) is 5.94. The molecule has 4 nitrogen and oxygen atoms in total. The molecule has 0 heterocycles. The van der Waals surface area contributed by atoms with Gasteiger partial charge in [-0.1, -0.05) is 42.5 Å². The van der Waals surface area contributed by atoms with Crippen molar-refractivity contribution in [1.29, 1.82) is 0 Å². The second-order valence-electron chi connectivity index (χ2n) is 4.93. The van der Waals surface area contributed by atoms with Gasteiger partial charge in [0, 0.05) is 15.5 Å². The third-order valence-corrected chi connectivity index (χ3v) is 4.18. The van der Waals surface area contributed by atoms with Crippen LogP contribution in [-0.4, -0.2) is 11.9 Å². The highest BCUT2D eigenvalue weighted by molar-refractivity contribution is 14.1. The number of para-hydroxylation sites is 1. The Bertz CT molecular complexity index is 658. The molecule has 0 aliphatic rings. The predicted molar refractivity (Wildman–Crippen MR) is 91.0 cm³/mol. The van der Waals surface area contributed by atoms with Crippen LogP contribution in [0.1, 0.15) is 12.0 Å². The fraction of sp³-hybridized carbons (Fsp3) is 0.176. The van der Waals surface area contributed by atoms with Crippen LogP contribution in [0.25, 0.3) is 0 Å². The summed E-state index contributed by atoms with van der Waals surface area (Å²) in [5.41, 5.74) is 1.61. The van der Waals surface area contributed by atoms with E-state index in [4.69, 9.17) is 0 Å². The van der Waals surface area contributed by atoms with Crippen molar-refractivity contribution in [1.82, 2.24) is 0 Å². The van der Waals surface area contributed by atoms with Gasteiger partial charge in [0.15, 0.2) is 0 Å². The van der Waals surface area contributed by atoms with Gasteiger partial charge in [-0.25, -0.2) is 0 Å². The Morgan fingerprint density at radius 3 is 2.32 bits per heavy atom. The molecular weight excluding hydrogens is 393 g/mol. The summed E-state index contributed by atoms with van der Waals surface area (Å²) in [6.07, 6.45) is 0.0637. The average Bonchev–Trinajstić information content (AvgIpc) is 2.49. The van der Waals surface area contributed by atoms with Crippen LogP contribution in [0.3, 0.4) is 0 Å². The minimum absolute atomic E-state index is 0.301. The van der Waals surface area contributed by atoms with Gasteiger partial charge in [0.25, 0.3) is 0 Å². The van der Waals surface area contributed by atoms with E-state index in [2.05, 4.69) is 27.9 Å². The van der Waals surface area contributed by atoms with Gasteiger partial charge in [-0.2, -0.15) is 0 Å². The highest BCUT2D eigenvalue weighted by Gasteiger charge is 2.20. The van der Waals surface area contributed by atoms with Gasteiger partial charge in [0.2, 0.25) is 5.91 Å².